The molecule has 1 saturated heterocycles. The summed E-state index contributed by atoms with van der Waals surface area (Å²) in [6.45, 7) is 0.470. The first-order chi connectivity index (χ1) is 9.58. The van der Waals surface area contributed by atoms with Gasteiger partial charge in [-0.2, -0.15) is 0 Å². The standard InChI is InChI=1S/C14H20FN3OS.2ClH/c1-18(2)13(10-4-3-5-11(15)6-10)7-16-14(19)12-8-20-9-17-12;;/h3-6,12-13,17H,7-9H2,1-2H3,(H,16,19);2*1H. The molecule has 0 spiro atoms. The fraction of sp³-hybridized carbons (Fsp3) is 0.500. The summed E-state index contributed by atoms with van der Waals surface area (Å²) in [7, 11) is 3.84. The van der Waals surface area contributed by atoms with Gasteiger partial charge in [0.15, 0.2) is 0 Å². The van der Waals surface area contributed by atoms with E-state index in [2.05, 4.69) is 10.6 Å². The maximum Gasteiger partial charge on any atom is 0.238 e. The number of hydrogen-bond donors (Lipinski definition) is 2. The number of amides is 1. The Labute approximate surface area is 147 Å². The van der Waals surface area contributed by atoms with Gasteiger partial charge in [0.2, 0.25) is 5.91 Å². The first-order valence-electron chi connectivity index (χ1n) is 6.58. The molecule has 1 amide bonds. The van der Waals surface area contributed by atoms with E-state index in [9.17, 15) is 9.18 Å². The van der Waals surface area contributed by atoms with Gasteiger partial charge in [0, 0.05) is 18.2 Å². The first kappa shape index (κ1) is 21.5. The van der Waals surface area contributed by atoms with E-state index in [1.54, 1.807) is 17.8 Å². The van der Waals surface area contributed by atoms with Crippen molar-refractivity contribution in [2.75, 3.05) is 32.3 Å². The monoisotopic (exact) mass is 369 g/mol. The Bertz CT molecular complexity index is 473. The summed E-state index contributed by atoms with van der Waals surface area (Å²) in [6, 6.07) is 6.36. The minimum absolute atomic E-state index is 0. The average Bonchev–Trinajstić information content (AvgIpc) is 2.92. The lowest BCUT2D eigenvalue weighted by molar-refractivity contribution is -0.122. The summed E-state index contributed by atoms with van der Waals surface area (Å²) < 4.78 is 13.3. The molecule has 1 aromatic carbocycles. The molecular formula is C14H22Cl2FN3OS. The lowest BCUT2D eigenvalue weighted by Gasteiger charge is -2.25. The predicted molar refractivity (Wildman–Crippen MR) is 94.6 cm³/mol. The van der Waals surface area contributed by atoms with Crippen LogP contribution in [0.3, 0.4) is 0 Å². The van der Waals surface area contributed by atoms with Gasteiger partial charge in [-0.15, -0.1) is 36.6 Å². The maximum atomic E-state index is 13.3. The van der Waals surface area contributed by atoms with Crippen molar-refractivity contribution >= 4 is 42.5 Å². The number of likely N-dealkylation sites (N-methyl/N-ethyl adjacent to an activating group) is 1. The van der Waals surface area contributed by atoms with Crippen molar-refractivity contribution in [3.8, 4) is 0 Å². The van der Waals surface area contributed by atoms with E-state index in [1.165, 1.54) is 12.1 Å². The van der Waals surface area contributed by atoms with Crippen LogP contribution < -0.4 is 10.6 Å². The highest BCUT2D eigenvalue weighted by atomic mass is 35.5. The summed E-state index contributed by atoms with van der Waals surface area (Å²) in [5.74, 6) is 1.38. The summed E-state index contributed by atoms with van der Waals surface area (Å²) in [4.78, 5) is 14.0. The molecule has 2 atom stereocenters. The van der Waals surface area contributed by atoms with Crippen LogP contribution in [-0.2, 0) is 4.79 Å². The number of halogens is 3. The van der Waals surface area contributed by atoms with Gasteiger partial charge >= 0.3 is 0 Å². The molecule has 0 radical (unpaired) electrons. The molecule has 0 aromatic heterocycles. The van der Waals surface area contributed by atoms with E-state index in [-0.39, 0.29) is 48.6 Å². The molecule has 1 aromatic rings. The van der Waals surface area contributed by atoms with Gasteiger partial charge in [-0.25, -0.2) is 4.39 Å². The summed E-state index contributed by atoms with van der Waals surface area (Å²) in [5.41, 5.74) is 0.865. The van der Waals surface area contributed by atoms with Crippen LogP contribution in [0.25, 0.3) is 0 Å². The molecule has 2 rings (SSSR count). The summed E-state index contributed by atoms with van der Waals surface area (Å²) >= 11 is 1.72. The van der Waals surface area contributed by atoms with E-state index in [1.807, 2.05) is 25.1 Å². The summed E-state index contributed by atoms with van der Waals surface area (Å²) in [5, 5.41) is 6.08. The second-order valence-corrected chi connectivity index (χ2v) is 6.08. The van der Waals surface area contributed by atoms with Gasteiger partial charge in [0.1, 0.15) is 5.82 Å². The Kier molecular flexibility index (Phi) is 10.0. The van der Waals surface area contributed by atoms with E-state index in [0.717, 1.165) is 17.2 Å². The van der Waals surface area contributed by atoms with E-state index in [0.29, 0.717) is 6.54 Å². The lowest BCUT2D eigenvalue weighted by atomic mass is 10.1. The van der Waals surface area contributed by atoms with Gasteiger partial charge in [0.25, 0.3) is 0 Å². The first-order valence-corrected chi connectivity index (χ1v) is 7.74. The molecule has 1 aliphatic rings. The highest BCUT2D eigenvalue weighted by Gasteiger charge is 2.23. The largest absolute Gasteiger partial charge is 0.353 e. The number of rotatable bonds is 5. The van der Waals surface area contributed by atoms with Crippen molar-refractivity contribution in [1.82, 2.24) is 15.5 Å². The number of nitrogens with one attached hydrogen (secondary N) is 2. The highest BCUT2D eigenvalue weighted by molar-refractivity contribution is 7.99. The van der Waals surface area contributed by atoms with Crippen LogP contribution in [0.4, 0.5) is 4.39 Å². The van der Waals surface area contributed by atoms with Crippen LogP contribution >= 0.6 is 36.6 Å². The Balaban J connectivity index is 0.00000220. The van der Waals surface area contributed by atoms with Crippen molar-refractivity contribution in [3.63, 3.8) is 0 Å². The normalized spacial score (nSPS) is 18.3. The van der Waals surface area contributed by atoms with Crippen LogP contribution in [-0.4, -0.2) is 49.1 Å². The molecule has 0 aliphatic carbocycles. The third-order valence-electron chi connectivity index (χ3n) is 3.36. The molecule has 0 bridgehead atoms. The molecule has 2 N–H and O–H groups in total. The third kappa shape index (κ3) is 5.93. The second kappa shape index (κ2) is 10.3. The fourth-order valence-corrected chi connectivity index (χ4v) is 3.14. The van der Waals surface area contributed by atoms with Gasteiger partial charge < -0.3 is 10.2 Å². The zero-order chi connectivity index (χ0) is 14.5. The molecule has 8 heteroatoms. The van der Waals surface area contributed by atoms with Crippen LogP contribution in [0.5, 0.6) is 0 Å². The van der Waals surface area contributed by atoms with Crippen LogP contribution in [0, 0.1) is 5.82 Å². The van der Waals surface area contributed by atoms with Crippen molar-refractivity contribution in [3.05, 3.63) is 35.6 Å². The molecule has 1 aliphatic heterocycles. The van der Waals surface area contributed by atoms with Gasteiger partial charge in [-0.05, 0) is 31.8 Å². The van der Waals surface area contributed by atoms with Gasteiger partial charge in [-0.1, -0.05) is 12.1 Å². The minimum Gasteiger partial charge on any atom is -0.353 e. The van der Waals surface area contributed by atoms with Gasteiger partial charge in [0.05, 0.1) is 12.1 Å². The van der Waals surface area contributed by atoms with Crippen molar-refractivity contribution in [2.45, 2.75) is 12.1 Å². The van der Waals surface area contributed by atoms with Crippen molar-refractivity contribution < 1.29 is 9.18 Å². The molecule has 2 unspecified atom stereocenters. The number of nitrogens with zero attached hydrogens (tertiary/aromatic N) is 1. The zero-order valence-corrected chi connectivity index (χ0v) is 15.0. The molecule has 4 nitrogen and oxygen atoms in total. The van der Waals surface area contributed by atoms with E-state index in [4.69, 9.17) is 0 Å². The molecule has 1 fully saturated rings. The number of benzene rings is 1. The summed E-state index contributed by atoms with van der Waals surface area (Å²) in [6.07, 6.45) is 0. The number of thioether (sulfide) groups is 1. The quantitative estimate of drug-likeness (QED) is 0.833. The molecule has 1 heterocycles. The molecular weight excluding hydrogens is 348 g/mol. The fourth-order valence-electron chi connectivity index (χ4n) is 2.20. The van der Waals surface area contributed by atoms with Crippen LogP contribution in [0.15, 0.2) is 24.3 Å². The topological polar surface area (TPSA) is 44.4 Å². The maximum absolute atomic E-state index is 13.3. The Morgan fingerprint density at radius 2 is 2.23 bits per heavy atom. The van der Waals surface area contributed by atoms with Crippen molar-refractivity contribution in [2.24, 2.45) is 0 Å². The SMILES string of the molecule is CN(C)C(CNC(=O)C1CSCN1)c1cccc(F)c1.Cl.Cl. The number of carbonyl (C=O) groups excluding carboxylic acids is 1. The van der Waals surface area contributed by atoms with Gasteiger partial charge in [-0.3, -0.25) is 10.1 Å². The van der Waals surface area contributed by atoms with E-state index < -0.39 is 0 Å². The third-order valence-corrected chi connectivity index (χ3v) is 4.30. The zero-order valence-electron chi connectivity index (χ0n) is 12.5. The Hall–Kier alpha value is -0.530. The number of carbonyl (C=O) groups is 1. The van der Waals surface area contributed by atoms with E-state index >= 15 is 0 Å². The lowest BCUT2D eigenvalue weighted by Crippen LogP contribution is -2.44. The smallest absolute Gasteiger partial charge is 0.238 e. The molecule has 126 valence electrons. The Morgan fingerprint density at radius 3 is 2.77 bits per heavy atom. The Morgan fingerprint density at radius 1 is 1.50 bits per heavy atom. The van der Waals surface area contributed by atoms with Crippen molar-refractivity contribution in [1.29, 1.82) is 0 Å². The highest BCUT2D eigenvalue weighted by Crippen LogP contribution is 2.18. The predicted octanol–water partition coefficient (Wildman–Crippen LogP) is 2.05. The minimum atomic E-state index is -0.255. The van der Waals surface area contributed by atoms with Crippen LogP contribution in [0.1, 0.15) is 11.6 Å². The second-order valence-electron chi connectivity index (χ2n) is 5.05. The average molecular weight is 370 g/mol. The molecule has 0 saturated carbocycles. The molecule has 22 heavy (non-hydrogen) atoms. The number of hydrogen-bond acceptors (Lipinski definition) is 4. The van der Waals surface area contributed by atoms with Crippen LogP contribution in [0.2, 0.25) is 0 Å².